The van der Waals surface area contributed by atoms with Crippen molar-refractivity contribution in [2.24, 2.45) is 0 Å². The lowest BCUT2D eigenvalue weighted by molar-refractivity contribution is 0.198. The van der Waals surface area contributed by atoms with Crippen molar-refractivity contribution >= 4 is 40.2 Å². The minimum Gasteiger partial charge on any atom is -0.489 e. The number of allylic oxidation sites excluding steroid dienone is 1. The zero-order valence-electron chi connectivity index (χ0n) is 22.8. The molecule has 1 fully saturated rings. The van der Waals surface area contributed by atoms with Crippen molar-refractivity contribution in [3.63, 3.8) is 0 Å². The molecule has 1 aliphatic carbocycles. The SMILES string of the molecule is Nc1cc(-c2ccc3c(c2)CCCC(c2ccc(Cl)cc2Cl)=C3c2ccc(OC3CCN(CCCF)C3)cc2)[nH]n1. The predicted molar refractivity (Wildman–Crippen MR) is 166 cm³/mol. The average Bonchev–Trinajstić information content (AvgIpc) is 3.56. The van der Waals surface area contributed by atoms with Crippen LogP contribution in [0, 0.1) is 0 Å². The highest BCUT2D eigenvalue weighted by Gasteiger charge is 2.25. The second-order valence-electron chi connectivity index (χ2n) is 10.8. The van der Waals surface area contributed by atoms with Gasteiger partial charge in [0.05, 0.1) is 12.4 Å². The lowest BCUT2D eigenvalue weighted by atomic mass is 9.87. The van der Waals surface area contributed by atoms with Gasteiger partial charge in [-0.2, -0.15) is 5.10 Å². The van der Waals surface area contributed by atoms with Gasteiger partial charge >= 0.3 is 0 Å². The van der Waals surface area contributed by atoms with Crippen molar-refractivity contribution < 1.29 is 9.13 Å². The Morgan fingerprint density at radius 1 is 0.976 bits per heavy atom. The molecule has 8 heteroatoms. The zero-order valence-corrected chi connectivity index (χ0v) is 24.3. The van der Waals surface area contributed by atoms with E-state index in [1.165, 1.54) is 22.3 Å². The number of hydrogen-bond acceptors (Lipinski definition) is 4. The molecule has 3 aromatic carbocycles. The van der Waals surface area contributed by atoms with E-state index in [9.17, 15) is 4.39 Å². The maximum absolute atomic E-state index is 12.6. The molecule has 5 nitrogen and oxygen atoms in total. The minimum absolute atomic E-state index is 0.122. The Kier molecular flexibility index (Phi) is 8.33. The summed E-state index contributed by atoms with van der Waals surface area (Å²) < 4.78 is 18.9. The number of alkyl halides is 1. The van der Waals surface area contributed by atoms with Crippen LogP contribution in [0.15, 0.2) is 66.7 Å². The van der Waals surface area contributed by atoms with Crippen LogP contribution in [0.1, 0.15) is 47.9 Å². The van der Waals surface area contributed by atoms with Crippen molar-refractivity contribution in [3.05, 3.63) is 99.0 Å². The maximum atomic E-state index is 12.6. The van der Waals surface area contributed by atoms with E-state index in [-0.39, 0.29) is 12.8 Å². The third-order valence-corrected chi connectivity index (χ3v) is 8.54. The molecule has 4 aromatic rings. The van der Waals surface area contributed by atoms with E-state index in [4.69, 9.17) is 33.7 Å². The number of fused-ring (bicyclic) bond motifs is 1. The standard InChI is InChI=1S/C33H33Cl2FN4O/c34-24-8-12-28(30(35)18-24)29-4-1-3-22-17-23(31-19-32(37)39-38-31)7-11-27(22)33(29)21-5-9-25(10-6-21)41-26-13-16-40(20-26)15-2-14-36/h5-12,17-19,26H,1-4,13-16,20H2,(H3,37,38,39). The number of nitrogens with two attached hydrogens (primary N) is 1. The van der Waals surface area contributed by atoms with Gasteiger partial charge in [0.2, 0.25) is 0 Å². The number of nitrogens with zero attached hydrogens (tertiary/aromatic N) is 2. The lowest BCUT2D eigenvalue weighted by Crippen LogP contribution is -2.26. The molecule has 0 spiro atoms. The summed E-state index contributed by atoms with van der Waals surface area (Å²) in [4.78, 5) is 2.28. The lowest BCUT2D eigenvalue weighted by Gasteiger charge is -2.19. The summed E-state index contributed by atoms with van der Waals surface area (Å²) in [5.74, 6) is 1.32. The highest BCUT2D eigenvalue weighted by molar-refractivity contribution is 6.36. The number of aryl methyl sites for hydroxylation is 1. The van der Waals surface area contributed by atoms with Crippen LogP contribution in [0.3, 0.4) is 0 Å². The predicted octanol–water partition coefficient (Wildman–Crippen LogP) is 8.07. The molecule has 6 rings (SSSR count). The van der Waals surface area contributed by atoms with Gasteiger partial charge in [0.15, 0.2) is 0 Å². The van der Waals surface area contributed by atoms with Crippen molar-refractivity contribution in [1.82, 2.24) is 15.1 Å². The van der Waals surface area contributed by atoms with Crippen molar-refractivity contribution in [3.8, 4) is 17.0 Å². The largest absolute Gasteiger partial charge is 0.489 e. The summed E-state index contributed by atoms with van der Waals surface area (Å²) in [6, 6.07) is 22.5. The maximum Gasteiger partial charge on any atom is 0.145 e. The second kappa shape index (κ2) is 12.3. The van der Waals surface area contributed by atoms with Gasteiger partial charge in [-0.05, 0) is 101 Å². The quantitative estimate of drug-likeness (QED) is 0.218. The molecule has 3 N–H and O–H groups in total. The highest BCUT2D eigenvalue weighted by atomic mass is 35.5. The fourth-order valence-electron chi connectivity index (χ4n) is 6.05. The molecular formula is C33H33Cl2FN4O. The molecule has 0 amide bonds. The number of halogens is 3. The summed E-state index contributed by atoms with van der Waals surface area (Å²) in [6.07, 6.45) is 4.46. The number of aromatic nitrogens is 2. The van der Waals surface area contributed by atoms with Crippen molar-refractivity contribution in [2.75, 3.05) is 32.0 Å². The number of H-pyrrole nitrogens is 1. The van der Waals surface area contributed by atoms with Gasteiger partial charge in [-0.25, -0.2) is 0 Å². The van der Waals surface area contributed by atoms with Gasteiger partial charge in [-0.3, -0.25) is 14.4 Å². The topological polar surface area (TPSA) is 67.2 Å². The van der Waals surface area contributed by atoms with Crippen LogP contribution in [-0.4, -0.2) is 47.5 Å². The normalized spacial score (nSPS) is 17.5. The Balaban J connectivity index is 1.37. The van der Waals surface area contributed by atoms with Crippen LogP contribution in [0.4, 0.5) is 10.2 Å². The minimum atomic E-state index is -0.273. The number of aromatic amines is 1. The Morgan fingerprint density at radius 3 is 2.54 bits per heavy atom. The third kappa shape index (κ3) is 6.15. The Morgan fingerprint density at radius 2 is 1.78 bits per heavy atom. The monoisotopic (exact) mass is 590 g/mol. The highest BCUT2D eigenvalue weighted by Crippen LogP contribution is 2.43. The van der Waals surface area contributed by atoms with E-state index >= 15 is 0 Å². The first-order valence-electron chi connectivity index (χ1n) is 14.2. The van der Waals surface area contributed by atoms with Crippen molar-refractivity contribution in [1.29, 1.82) is 0 Å². The Bertz CT molecular complexity index is 1570. The number of likely N-dealkylation sites (tertiary alicyclic amines) is 1. The number of benzene rings is 3. The van der Waals surface area contributed by atoms with Gasteiger partial charge in [-0.15, -0.1) is 0 Å². The van der Waals surface area contributed by atoms with E-state index < -0.39 is 0 Å². The van der Waals surface area contributed by atoms with Gasteiger partial charge in [-0.1, -0.05) is 53.5 Å². The summed E-state index contributed by atoms with van der Waals surface area (Å²) in [5, 5.41) is 8.41. The van der Waals surface area contributed by atoms with E-state index in [0.717, 1.165) is 73.5 Å². The van der Waals surface area contributed by atoms with Crippen LogP contribution in [0.2, 0.25) is 10.0 Å². The first kappa shape index (κ1) is 27.8. The molecule has 0 bridgehead atoms. The first-order valence-corrected chi connectivity index (χ1v) is 14.9. The summed E-state index contributed by atoms with van der Waals surface area (Å²) in [5.41, 5.74) is 14.8. The molecule has 2 heterocycles. The summed E-state index contributed by atoms with van der Waals surface area (Å²) in [6.45, 7) is 2.30. The van der Waals surface area contributed by atoms with E-state index in [0.29, 0.717) is 22.3 Å². The fraction of sp³-hybridized carbons (Fsp3) is 0.303. The van der Waals surface area contributed by atoms with Gasteiger partial charge in [0.1, 0.15) is 17.7 Å². The van der Waals surface area contributed by atoms with Crippen LogP contribution in [0.25, 0.3) is 22.4 Å². The first-order chi connectivity index (χ1) is 20.0. The van der Waals surface area contributed by atoms with Gasteiger partial charge in [0.25, 0.3) is 0 Å². The van der Waals surface area contributed by atoms with Gasteiger partial charge < -0.3 is 10.5 Å². The number of ether oxygens (including phenoxy) is 1. The number of anilines is 1. The number of nitrogen functional groups attached to an aromatic ring is 1. The molecule has 0 radical (unpaired) electrons. The van der Waals surface area contributed by atoms with Crippen molar-refractivity contribution in [2.45, 2.75) is 38.2 Å². The molecule has 212 valence electrons. The number of hydrogen-bond donors (Lipinski definition) is 2. The molecular weight excluding hydrogens is 558 g/mol. The zero-order chi connectivity index (χ0) is 28.3. The summed E-state index contributed by atoms with van der Waals surface area (Å²) >= 11 is 13.1. The van der Waals surface area contributed by atoms with Gasteiger partial charge in [0, 0.05) is 35.7 Å². The van der Waals surface area contributed by atoms with E-state index in [2.05, 4.69) is 57.6 Å². The smallest absolute Gasteiger partial charge is 0.145 e. The molecule has 1 aliphatic heterocycles. The van der Waals surface area contributed by atoms with E-state index in [1.54, 1.807) is 0 Å². The average molecular weight is 592 g/mol. The molecule has 1 atom stereocenters. The number of rotatable bonds is 8. The number of nitrogens with one attached hydrogen (secondary N) is 1. The van der Waals surface area contributed by atoms with Crippen LogP contribution >= 0.6 is 23.2 Å². The van der Waals surface area contributed by atoms with E-state index in [1.807, 2.05) is 24.3 Å². The second-order valence-corrected chi connectivity index (χ2v) is 11.6. The fourth-order valence-corrected chi connectivity index (χ4v) is 6.57. The molecule has 2 aliphatic rings. The summed E-state index contributed by atoms with van der Waals surface area (Å²) in [7, 11) is 0. The third-order valence-electron chi connectivity index (χ3n) is 8.00. The molecule has 0 saturated carbocycles. The molecule has 1 unspecified atom stereocenters. The van der Waals surface area contributed by atoms with Crippen LogP contribution in [-0.2, 0) is 6.42 Å². The molecule has 1 saturated heterocycles. The molecule has 1 aromatic heterocycles. The van der Waals surface area contributed by atoms with Crippen LogP contribution in [0.5, 0.6) is 5.75 Å². The Labute approximate surface area is 250 Å². The molecule has 41 heavy (non-hydrogen) atoms. The van der Waals surface area contributed by atoms with Crippen LogP contribution < -0.4 is 10.5 Å². The Hall–Kier alpha value is -3.32.